The Balaban J connectivity index is 2.15. The van der Waals surface area contributed by atoms with Crippen LogP contribution in [-0.4, -0.2) is 41.1 Å². The van der Waals surface area contributed by atoms with Gasteiger partial charge in [0.2, 0.25) is 0 Å². The maximum absolute atomic E-state index is 10.8. The summed E-state index contributed by atoms with van der Waals surface area (Å²) in [5.41, 5.74) is 4.62. The molecule has 3 atom stereocenters. The Kier molecular flexibility index (Phi) is 4.95. The van der Waals surface area contributed by atoms with Crippen molar-refractivity contribution in [3.8, 4) is 0 Å². The summed E-state index contributed by atoms with van der Waals surface area (Å²) in [6, 6.07) is 0. The normalized spacial score (nSPS) is 29.2. The first-order valence-electron chi connectivity index (χ1n) is 6.57. The van der Waals surface area contributed by atoms with Gasteiger partial charge in [0.1, 0.15) is 5.54 Å². The molecule has 3 unspecified atom stereocenters. The van der Waals surface area contributed by atoms with E-state index in [0.717, 1.165) is 31.2 Å². The van der Waals surface area contributed by atoms with Crippen LogP contribution in [0.4, 0.5) is 0 Å². The van der Waals surface area contributed by atoms with E-state index in [1.165, 1.54) is 13.1 Å². The molecule has 4 nitrogen and oxygen atoms in total. The quantitative estimate of drug-likeness (QED) is 0.693. The molecule has 0 bridgehead atoms. The summed E-state index contributed by atoms with van der Waals surface area (Å²) in [5.74, 6) is 0.670. The van der Waals surface area contributed by atoms with Crippen LogP contribution < -0.4 is 5.73 Å². The van der Waals surface area contributed by atoms with E-state index in [2.05, 4.69) is 18.7 Å². The summed E-state index contributed by atoms with van der Waals surface area (Å²) in [4.78, 5) is 13.3. The average Bonchev–Trinajstić information content (AvgIpc) is 2.53. The van der Waals surface area contributed by atoms with Gasteiger partial charge >= 0.3 is 5.97 Å². The number of hydrogen-bond donors (Lipinski definition) is 2. The van der Waals surface area contributed by atoms with Crippen LogP contribution in [0, 0.1) is 11.8 Å². The van der Waals surface area contributed by atoms with E-state index in [1.807, 2.05) is 0 Å². The molecule has 17 heavy (non-hydrogen) atoms. The highest BCUT2D eigenvalue weighted by atomic mass is 16.4. The fraction of sp³-hybridized carbons (Fsp3) is 0.923. The second-order valence-electron chi connectivity index (χ2n) is 5.89. The molecular formula is C13H26N2O2. The van der Waals surface area contributed by atoms with Crippen LogP contribution >= 0.6 is 0 Å². The standard InChI is InChI=1S/C13H26N2O2/c1-10-8-15(9-11(10)2)7-5-4-6-13(3,14)12(16)17/h10-11H,4-9,14H2,1-3H3,(H,16,17). The van der Waals surface area contributed by atoms with Crippen molar-refractivity contribution in [1.82, 2.24) is 4.90 Å². The second-order valence-corrected chi connectivity index (χ2v) is 5.89. The number of aliphatic carboxylic acids is 1. The van der Waals surface area contributed by atoms with Crippen LogP contribution in [0.3, 0.4) is 0 Å². The number of hydrogen-bond acceptors (Lipinski definition) is 3. The molecule has 0 aromatic rings. The number of nitrogens with zero attached hydrogens (tertiary/aromatic N) is 1. The number of unbranched alkanes of at least 4 members (excludes halogenated alkanes) is 1. The zero-order valence-electron chi connectivity index (χ0n) is 11.3. The van der Waals surface area contributed by atoms with E-state index >= 15 is 0 Å². The summed E-state index contributed by atoms with van der Waals surface area (Å²) in [6.07, 6.45) is 2.49. The molecule has 1 rings (SSSR count). The summed E-state index contributed by atoms with van der Waals surface area (Å²) >= 11 is 0. The zero-order chi connectivity index (χ0) is 13.1. The third-order valence-corrected chi connectivity index (χ3v) is 3.97. The SMILES string of the molecule is CC1CN(CCCCC(C)(N)C(=O)O)CC1C. The molecule has 0 saturated carbocycles. The van der Waals surface area contributed by atoms with Gasteiger partial charge in [0.25, 0.3) is 0 Å². The van der Waals surface area contributed by atoms with Gasteiger partial charge in [-0.1, -0.05) is 13.8 Å². The number of carboxylic acids is 1. The van der Waals surface area contributed by atoms with Crippen molar-refractivity contribution in [3.63, 3.8) is 0 Å². The molecule has 1 saturated heterocycles. The number of nitrogens with two attached hydrogens (primary N) is 1. The topological polar surface area (TPSA) is 66.6 Å². The van der Waals surface area contributed by atoms with Crippen molar-refractivity contribution in [2.45, 2.75) is 45.6 Å². The fourth-order valence-corrected chi connectivity index (χ4v) is 2.37. The van der Waals surface area contributed by atoms with Gasteiger partial charge in [-0.15, -0.1) is 0 Å². The van der Waals surface area contributed by atoms with Gasteiger partial charge in [0, 0.05) is 13.1 Å². The lowest BCUT2D eigenvalue weighted by Gasteiger charge is -2.20. The van der Waals surface area contributed by atoms with E-state index in [-0.39, 0.29) is 0 Å². The van der Waals surface area contributed by atoms with Gasteiger partial charge in [-0.2, -0.15) is 0 Å². The third kappa shape index (κ3) is 4.28. The highest BCUT2D eigenvalue weighted by Crippen LogP contribution is 2.22. The summed E-state index contributed by atoms with van der Waals surface area (Å²) < 4.78 is 0. The molecule has 0 aromatic carbocycles. The Morgan fingerprint density at radius 2 is 1.88 bits per heavy atom. The van der Waals surface area contributed by atoms with E-state index in [9.17, 15) is 4.79 Å². The molecule has 4 heteroatoms. The first-order valence-corrected chi connectivity index (χ1v) is 6.57. The van der Waals surface area contributed by atoms with Crippen LogP contribution in [0.25, 0.3) is 0 Å². The highest BCUT2D eigenvalue weighted by molar-refractivity contribution is 5.77. The molecule has 100 valence electrons. The summed E-state index contributed by atoms with van der Waals surface area (Å²) in [5, 5.41) is 8.89. The van der Waals surface area contributed by atoms with Gasteiger partial charge in [0.15, 0.2) is 0 Å². The van der Waals surface area contributed by atoms with Gasteiger partial charge in [-0.05, 0) is 44.6 Å². The third-order valence-electron chi connectivity index (χ3n) is 3.97. The lowest BCUT2D eigenvalue weighted by Crippen LogP contribution is -2.44. The van der Waals surface area contributed by atoms with Crippen molar-refractivity contribution in [2.75, 3.05) is 19.6 Å². The predicted octanol–water partition coefficient (Wildman–Crippen LogP) is 1.55. The van der Waals surface area contributed by atoms with Crippen LogP contribution in [0.2, 0.25) is 0 Å². The summed E-state index contributed by atoms with van der Waals surface area (Å²) in [7, 11) is 0. The minimum atomic E-state index is -1.06. The maximum atomic E-state index is 10.8. The highest BCUT2D eigenvalue weighted by Gasteiger charge is 2.28. The van der Waals surface area contributed by atoms with Crippen molar-refractivity contribution in [3.05, 3.63) is 0 Å². The minimum Gasteiger partial charge on any atom is -0.480 e. The van der Waals surface area contributed by atoms with Crippen LogP contribution in [0.5, 0.6) is 0 Å². The Hall–Kier alpha value is -0.610. The molecule has 3 N–H and O–H groups in total. The molecule has 1 aliphatic heterocycles. The van der Waals surface area contributed by atoms with Crippen molar-refractivity contribution in [1.29, 1.82) is 0 Å². The van der Waals surface area contributed by atoms with Crippen molar-refractivity contribution >= 4 is 5.97 Å². The molecule has 1 fully saturated rings. The average molecular weight is 242 g/mol. The van der Waals surface area contributed by atoms with Gasteiger partial charge in [-0.3, -0.25) is 4.79 Å². The minimum absolute atomic E-state index is 0.557. The van der Waals surface area contributed by atoms with E-state index in [1.54, 1.807) is 6.92 Å². The monoisotopic (exact) mass is 242 g/mol. The Labute approximate surface area is 104 Å². The zero-order valence-corrected chi connectivity index (χ0v) is 11.3. The molecule has 0 radical (unpaired) electrons. The Morgan fingerprint density at radius 1 is 1.35 bits per heavy atom. The van der Waals surface area contributed by atoms with Gasteiger partial charge < -0.3 is 15.7 Å². The van der Waals surface area contributed by atoms with Crippen LogP contribution in [0.15, 0.2) is 0 Å². The van der Waals surface area contributed by atoms with E-state index in [0.29, 0.717) is 6.42 Å². The number of carboxylic acid groups (broad SMARTS) is 1. The molecular weight excluding hydrogens is 216 g/mol. The lowest BCUT2D eigenvalue weighted by molar-refractivity contribution is -0.142. The van der Waals surface area contributed by atoms with Gasteiger partial charge in [-0.25, -0.2) is 0 Å². The Bertz CT molecular complexity index is 256. The maximum Gasteiger partial charge on any atom is 0.323 e. The fourth-order valence-electron chi connectivity index (χ4n) is 2.37. The Morgan fingerprint density at radius 3 is 2.35 bits per heavy atom. The number of likely N-dealkylation sites (tertiary alicyclic amines) is 1. The molecule has 0 spiro atoms. The van der Waals surface area contributed by atoms with Crippen LogP contribution in [-0.2, 0) is 4.79 Å². The molecule has 0 aromatic heterocycles. The first kappa shape index (κ1) is 14.5. The number of rotatable bonds is 6. The number of carbonyl (C=O) groups is 1. The van der Waals surface area contributed by atoms with E-state index in [4.69, 9.17) is 10.8 Å². The van der Waals surface area contributed by atoms with Crippen LogP contribution in [0.1, 0.15) is 40.0 Å². The lowest BCUT2D eigenvalue weighted by atomic mass is 9.96. The van der Waals surface area contributed by atoms with E-state index < -0.39 is 11.5 Å². The smallest absolute Gasteiger partial charge is 0.323 e. The first-order chi connectivity index (χ1) is 7.83. The predicted molar refractivity (Wildman–Crippen MR) is 68.8 cm³/mol. The molecule has 0 aliphatic carbocycles. The van der Waals surface area contributed by atoms with Gasteiger partial charge in [0.05, 0.1) is 0 Å². The van der Waals surface area contributed by atoms with Crippen molar-refractivity contribution < 1.29 is 9.90 Å². The molecule has 1 heterocycles. The largest absolute Gasteiger partial charge is 0.480 e. The molecule has 1 aliphatic rings. The van der Waals surface area contributed by atoms with Crippen molar-refractivity contribution in [2.24, 2.45) is 17.6 Å². The summed E-state index contributed by atoms with van der Waals surface area (Å²) in [6.45, 7) is 9.62. The second kappa shape index (κ2) is 5.83. The molecule has 0 amide bonds.